The number of aliphatic hydroxyl groups is 1. The highest BCUT2D eigenvalue weighted by molar-refractivity contribution is 6.21. The third-order valence-corrected chi connectivity index (χ3v) is 23.6. The first-order chi connectivity index (χ1) is 48.5. The van der Waals surface area contributed by atoms with E-state index < -0.39 is 189 Å². The van der Waals surface area contributed by atoms with Crippen LogP contribution in [0.1, 0.15) is 131 Å². The van der Waals surface area contributed by atoms with Gasteiger partial charge in [0.05, 0.1) is 92.9 Å². The molecule has 35 atom stereocenters. The van der Waals surface area contributed by atoms with Crippen LogP contribution in [-0.2, 0) is 114 Å². The fourth-order valence-electron chi connectivity index (χ4n) is 16.3. The number of hydrogen-bond acceptors (Lipinski definition) is 27. The first-order valence-electron chi connectivity index (χ1n) is 36.6. The second-order valence-corrected chi connectivity index (χ2v) is 29.9. The first-order valence-corrected chi connectivity index (χ1v) is 36.6. The van der Waals surface area contributed by atoms with E-state index in [1.807, 2.05) is 62.3 Å². The van der Waals surface area contributed by atoms with Crippen molar-refractivity contribution in [2.75, 3.05) is 81.7 Å². The molecule has 8 aliphatic rings. The van der Waals surface area contributed by atoms with Gasteiger partial charge >= 0.3 is 17.9 Å². The van der Waals surface area contributed by atoms with Crippen molar-refractivity contribution in [3.8, 4) is 0 Å². The largest absolute Gasteiger partial charge is 0.463 e. The Kier molecular flexibility index (Phi) is 29.2. The Morgan fingerprint density at radius 2 is 0.696 bits per heavy atom. The molecule has 8 aliphatic heterocycles. The Bertz CT molecular complexity index is 2850. The second kappa shape index (κ2) is 36.3. The number of nitrogens with zero attached hydrogens (tertiary/aromatic N) is 1. The molecule has 14 unspecified atom stereocenters. The van der Waals surface area contributed by atoms with Gasteiger partial charge in [-0.05, 0) is 54.6 Å². The molecular formula is C74H117NO27. The van der Waals surface area contributed by atoms with Crippen molar-refractivity contribution in [3.63, 3.8) is 0 Å². The zero-order chi connectivity index (χ0) is 74.5. The van der Waals surface area contributed by atoms with E-state index in [4.69, 9.17) is 99.5 Å². The highest BCUT2D eigenvalue weighted by Crippen LogP contribution is 2.46. The number of aliphatic hydroxyl groups excluding tert-OH is 1. The minimum Gasteiger partial charge on any atom is -0.463 e. The first kappa shape index (κ1) is 82.1. The molecule has 0 bridgehead atoms. The number of imide groups is 1. The van der Waals surface area contributed by atoms with Gasteiger partial charge in [0.25, 0.3) is 11.8 Å². The summed E-state index contributed by atoms with van der Waals surface area (Å²) in [6.45, 7) is 29.6. The van der Waals surface area contributed by atoms with Crippen molar-refractivity contribution in [1.29, 1.82) is 0 Å². The average molecular weight is 1450 g/mol. The number of rotatable bonds is 28. The van der Waals surface area contributed by atoms with Gasteiger partial charge in [0.1, 0.15) is 62.0 Å². The summed E-state index contributed by atoms with van der Waals surface area (Å²) in [5.41, 5.74) is 0.462. The molecule has 0 spiro atoms. The Labute approximate surface area is 601 Å². The Hall–Kier alpha value is -3.99. The topological polar surface area (TPSA) is 303 Å². The highest BCUT2D eigenvalue weighted by atomic mass is 16.8. The van der Waals surface area contributed by atoms with E-state index in [1.165, 1.54) is 20.8 Å². The maximum absolute atomic E-state index is 14.3. The molecule has 0 saturated carbocycles. The number of carbonyl (C=O) groups excluding carboxylic acids is 5. The molecule has 0 radical (unpaired) electrons. The molecule has 1 aromatic carbocycles. The van der Waals surface area contributed by atoms with E-state index in [-0.39, 0.29) is 111 Å². The van der Waals surface area contributed by atoms with Crippen molar-refractivity contribution >= 4 is 29.7 Å². The van der Waals surface area contributed by atoms with Crippen LogP contribution >= 0.6 is 0 Å². The standard InChI is InChI=1S/C74H117NO27/c1-33-35(3)53(31-87-46(14)77)92-69(39(33)7)99-63-44(12)66(90-48(16)79)74(96-57(63)32-88-47(15)78)100-58-37(5)40(8)70(91-51(58)26-75-67(80)49-24-22-23-25-50(49)68(75)81)97-61-42(10)65(86-21)73(95-55(61)29-83-18)102-60-38(6)41(9)71(93-54(60)28-82-17)98-62-43(11)64(85-20)72(94-56(62)30-84-19)101-59-36(4)34(2)45(13)89-52(59)27-76/h22-25,33-45,51-66,69-74,76H,26-32H2,1-21H3/t33?,34?,35-,36+,37+,38?,39?,40?,41?,42-,43?,44?,45-,51?,52?,53-,54-,55?,56-,57-,58-,59-,60-,61-,62-,63-,64?,65?,66?,69+,70+,71+,72-,73-,74-/m0/s1. The van der Waals surface area contributed by atoms with Crippen molar-refractivity contribution in [1.82, 2.24) is 4.90 Å². The number of fused-ring (bicyclic) bond motifs is 1. The predicted molar refractivity (Wildman–Crippen MR) is 360 cm³/mol. The second-order valence-electron chi connectivity index (χ2n) is 29.9. The minimum absolute atomic E-state index is 0.00509. The number of amides is 2. The van der Waals surface area contributed by atoms with Gasteiger partial charge in [0.15, 0.2) is 43.8 Å². The summed E-state index contributed by atoms with van der Waals surface area (Å²) in [6, 6.07) is 6.57. The lowest BCUT2D eigenvalue weighted by atomic mass is 9.79. The number of ether oxygens (including phenoxy) is 21. The van der Waals surface area contributed by atoms with Gasteiger partial charge < -0.3 is 105 Å². The quantitative estimate of drug-likeness (QED) is 0.0540. The summed E-state index contributed by atoms with van der Waals surface area (Å²) in [6.07, 6.45) is -18.0. The molecule has 7 fully saturated rings. The lowest BCUT2D eigenvalue weighted by Gasteiger charge is -2.52. The van der Waals surface area contributed by atoms with Crippen LogP contribution in [0.3, 0.4) is 0 Å². The maximum Gasteiger partial charge on any atom is 0.303 e. The van der Waals surface area contributed by atoms with Gasteiger partial charge in [-0.2, -0.15) is 0 Å². The molecule has 1 N–H and O–H groups in total. The maximum atomic E-state index is 14.3. The lowest BCUT2D eigenvalue weighted by molar-refractivity contribution is -0.381. The van der Waals surface area contributed by atoms with Crippen LogP contribution in [0.2, 0.25) is 0 Å². The van der Waals surface area contributed by atoms with Crippen LogP contribution in [0.5, 0.6) is 0 Å². The number of carbonyl (C=O) groups is 5. The molecule has 2 amide bonds. The molecule has 28 heteroatoms. The van der Waals surface area contributed by atoms with Crippen LogP contribution in [0, 0.1) is 71.0 Å². The summed E-state index contributed by atoms with van der Waals surface area (Å²) in [5, 5.41) is 10.4. The normalized spacial score (nSPS) is 44.1. The van der Waals surface area contributed by atoms with E-state index in [0.29, 0.717) is 0 Å². The van der Waals surface area contributed by atoms with Gasteiger partial charge in [-0.25, -0.2) is 0 Å². The lowest BCUT2D eigenvalue weighted by Crippen LogP contribution is -2.64. The van der Waals surface area contributed by atoms with E-state index in [9.17, 15) is 29.1 Å². The molecule has 7 saturated heterocycles. The molecule has 8 heterocycles. The van der Waals surface area contributed by atoms with Crippen molar-refractivity contribution in [2.24, 2.45) is 71.0 Å². The van der Waals surface area contributed by atoms with Gasteiger partial charge in [0, 0.05) is 91.8 Å². The van der Waals surface area contributed by atoms with Gasteiger partial charge in [-0.3, -0.25) is 28.9 Å². The Balaban J connectivity index is 0.938. The summed E-state index contributed by atoms with van der Waals surface area (Å²) in [7, 11) is 7.96. The zero-order valence-electron chi connectivity index (χ0n) is 63.5. The highest BCUT2D eigenvalue weighted by Gasteiger charge is 2.58. The molecule has 0 aliphatic carbocycles. The van der Waals surface area contributed by atoms with Crippen LogP contribution in [0.25, 0.3) is 0 Å². The van der Waals surface area contributed by atoms with Crippen LogP contribution in [0.4, 0.5) is 0 Å². The zero-order valence-corrected chi connectivity index (χ0v) is 63.5. The van der Waals surface area contributed by atoms with Crippen LogP contribution in [0.15, 0.2) is 24.3 Å². The third-order valence-electron chi connectivity index (χ3n) is 23.6. The van der Waals surface area contributed by atoms with E-state index in [1.54, 1.807) is 59.8 Å². The van der Waals surface area contributed by atoms with Crippen LogP contribution < -0.4 is 0 Å². The van der Waals surface area contributed by atoms with E-state index >= 15 is 0 Å². The smallest absolute Gasteiger partial charge is 0.303 e. The number of esters is 3. The van der Waals surface area contributed by atoms with Gasteiger partial charge in [-0.1, -0.05) is 95.2 Å². The average Bonchev–Trinajstić information content (AvgIpc) is 0.900. The molecule has 102 heavy (non-hydrogen) atoms. The molecule has 580 valence electrons. The van der Waals surface area contributed by atoms with Crippen molar-refractivity contribution in [3.05, 3.63) is 35.4 Å². The molecular weight excluding hydrogens is 1330 g/mol. The SMILES string of the molecule is COCC1O[C@@H](O[C@H]2C(C)C(C)[C@@H](O[C@H]3C(C)C(OC)[C@H](O[C@@H]4C(CO)O[C@@H](C)C(C)[C@H]4C)O[C@H]3COC)O[C@H]2COC)C(OC)[C@@H](C)[C@@H]1O[C@H]1OC(CN2C(=O)c3ccccc3C2=O)[C@@H](O[C@@H]2O[C@@H](COC(C)=O)[C@@H](O[C@H]3O[C@@H](COC(C)=O)[C@@H](C)C(C)C3C)C(C)C2OC(C)=O)[C@H](C)C1C. The summed E-state index contributed by atoms with van der Waals surface area (Å²) in [4.78, 5) is 67.5. The molecule has 9 rings (SSSR count). The monoisotopic (exact) mass is 1450 g/mol. The summed E-state index contributed by atoms with van der Waals surface area (Å²) < 4.78 is 136. The third kappa shape index (κ3) is 17.9. The van der Waals surface area contributed by atoms with Crippen molar-refractivity contribution in [2.45, 2.75) is 252 Å². The van der Waals surface area contributed by atoms with Gasteiger partial charge in [0.2, 0.25) is 0 Å². The van der Waals surface area contributed by atoms with Crippen LogP contribution in [-0.4, -0.2) is 263 Å². The fourth-order valence-corrected chi connectivity index (χ4v) is 16.3. The molecule has 0 aromatic heterocycles. The summed E-state index contributed by atoms with van der Waals surface area (Å²) in [5.74, 6) is -5.68. The van der Waals surface area contributed by atoms with E-state index in [2.05, 4.69) is 27.7 Å². The van der Waals surface area contributed by atoms with E-state index in [0.717, 1.165) is 4.90 Å². The van der Waals surface area contributed by atoms with Gasteiger partial charge in [-0.15, -0.1) is 0 Å². The minimum atomic E-state index is -1.36. The fraction of sp³-hybridized carbons (Fsp3) is 0.851. The summed E-state index contributed by atoms with van der Waals surface area (Å²) >= 11 is 0. The number of benzene rings is 1. The van der Waals surface area contributed by atoms with Crippen molar-refractivity contribution < 1.29 is 129 Å². The molecule has 1 aromatic rings. The number of methoxy groups -OCH3 is 5. The Morgan fingerprint density at radius 1 is 0.363 bits per heavy atom. The Morgan fingerprint density at radius 3 is 1.11 bits per heavy atom. The predicted octanol–water partition coefficient (Wildman–Crippen LogP) is 6.38. The number of hydrogen-bond donors (Lipinski definition) is 1. The molecule has 28 nitrogen and oxygen atoms in total.